The second-order valence-electron chi connectivity index (χ2n) is 15.1. The number of benzene rings is 4. The third-order valence-corrected chi connectivity index (χ3v) is 12.9. The standard InChI is InChI=1S/C19H18BrNO3.C12H14BrNO3.C12H14BrNO2.Li.H2O/c20-14-6-7-16-17(10-14)21-8-9-23-12-15(21)11-18(16)24-19(22)13-4-2-1-3-5-13;13-8-1-2-9-10(5-8)14-3-4-17-7-12(14,16)6-11(9)15;13-8-1-2-10-11(5-8)14-3-4-16-7-9(14)6-12(10)15;;/h1-7,10,15,18H,8-9,11-12H2;1-2,5,11,15-16H,3-4,6-7H2;1-2,5,9,12,15H,3-4,6-7H2;;1H2/q;;;+1;/p-1. The monoisotopic (exact) mass is 993 g/mol. The fourth-order valence-electron chi connectivity index (χ4n) is 8.70. The Balaban J connectivity index is 0.000000150. The van der Waals surface area contributed by atoms with Gasteiger partial charge in [0.25, 0.3) is 0 Å². The number of halogens is 3. The van der Waals surface area contributed by atoms with Crippen molar-refractivity contribution in [1.29, 1.82) is 0 Å². The third kappa shape index (κ3) is 10.1. The fourth-order valence-corrected chi connectivity index (χ4v) is 9.75. The van der Waals surface area contributed by atoms with Gasteiger partial charge in [-0.15, -0.1) is 0 Å². The molecule has 6 heterocycles. The number of esters is 1. The van der Waals surface area contributed by atoms with Crippen LogP contribution in [0.3, 0.4) is 0 Å². The number of anilines is 3. The Kier molecular flexibility index (Phi) is 15.7. The summed E-state index contributed by atoms with van der Waals surface area (Å²) in [7, 11) is 0. The molecule has 6 aliphatic heterocycles. The van der Waals surface area contributed by atoms with E-state index in [1.54, 1.807) is 12.1 Å². The summed E-state index contributed by atoms with van der Waals surface area (Å²) in [5.41, 5.74) is 5.67. The van der Waals surface area contributed by atoms with E-state index in [4.69, 9.17) is 18.9 Å². The summed E-state index contributed by atoms with van der Waals surface area (Å²) >= 11 is 10.5. The van der Waals surface area contributed by atoms with Crippen molar-refractivity contribution in [3.05, 3.63) is 121 Å². The molecule has 3 saturated heterocycles. The summed E-state index contributed by atoms with van der Waals surface area (Å²) < 4.78 is 25.3. The molecule has 0 aromatic heterocycles. The molecule has 4 N–H and O–H groups in total. The van der Waals surface area contributed by atoms with E-state index in [-0.39, 0.29) is 55.2 Å². The molecular formula is C43H47Br3LiN3O9. The van der Waals surface area contributed by atoms with Gasteiger partial charge in [-0.1, -0.05) is 84.2 Å². The number of fused-ring (bicyclic) bond motifs is 9. The van der Waals surface area contributed by atoms with E-state index in [1.807, 2.05) is 65.6 Å². The summed E-state index contributed by atoms with van der Waals surface area (Å²) in [5, 5.41) is 30.7. The maximum Gasteiger partial charge on any atom is 1.00 e. The van der Waals surface area contributed by atoms with Crippen molar-refractivity contribution < 1.29 is 63.4 Å². The van der Waals surface area contributed by atoms with Crippen LogP contribution in [0.25, 0.3) is 0 Å². The number of ether oxygens (including phenoxy) is 4. The summed E-state index contributed by atoms with van der Waals surface area (Å²) in [5.74, 6) is -0.278. The Hall–Kier alpha value is -2.49. The smallest absolute Gasteiger partial charge is 0.870 e. The number of hydrogen-bond donors (Lipinski definition) is 3. The van der Waals surface area contributed by atoms with Gasteiger partial charge in [-0.25, -0.2) is 4.79 Å². The van der Waals surface area contributed by atoms with E-state index in [9.17, 15) is 20.1 Å². The molecule has 59 heavy (non-hydrogen) atoms. The minimum Gasteiger partial charge on any atom is -0.870 e. The Morgan fingerprint density at radius 1 is 0.678 bits per heavy atom. The minimum absolute atomic E-state index is 0. The van der Waals surface area contributed by atoms with E-state index >= 15 is 0 Å². The number of carbonyl (C=O) groups is 1. The quantitative estimate of drug-likeness (QED) is 0.194. The first-order valence-corrected chi connectivity index (χ1v) is 21.7. The second kappa shape index (κ2) is 20.1. The number of hydrogen-bond acceptors (Lipinski definition) is 12. The first-order valence-electron chi connectivity index (χ1n) is 19.3. The molecule has 10 rings (SSSR count). The predicted molar refractivity (Wildman–Crippen MR) is 230 cm³/mol. The van der Waals surface area contributed by atoms with Gasteiger partial charge in [-0.3, -0.25) is 0 Å². The van der Waals surface area contributed by atoms with Gasteiger partial charge in [0, 0.05) is 86.1 Å². The number of aliphatic hydroxyl groups is 3. The molecule has 0 radical (unpaired) electrons. The number of nitrogens with zero attached hydrogens (tertiary/aromatic N) is 3. The van der Waals surface area contributed by atoms with Crippen LogP contribution in [0.15, 0.2) is 98.3 Å². The topological polar surface area (TPSA) is 154 Å². The van der Waals surface area contributed by atoms with E-state index < -0.39 is 11.8 Å². The number of morpholine rings is 3. The van der Waals surface area contributed by atoms with Crippen molar-refractivity contribution in [3.63, 3.8) is 0 Å². The van der Waals surface area contributed by atoms with Crippen LogP contribution in [0, 0.1) is 0 Å². The Bertz CT molecular complexity index is 2070. The molecule has 4 aromatic carbocycles. The zero-order chi connectivity index (χ0) is 39.7. The molecule has 6 unspecified atom stereocenters. The fraction of sp³-hybridized carbons (Fsp3) is 0.419. The molecule has 16 heteroatoms. The van der Waals surface area contributed by atoms with Gasteiger partial charge in [0.1, 0.15) is 6.10 Å². The Labute approximate surface area is 381 Å². The summed E-state index contributed by atoms with van der Waals surface area (Å²) in [6.45, 7) is 6.19. The van der Waals surface area contributed by atoms with Crippen LogP contribution >= 0.6 is 47.8 Å². The average molecular weight is 997 g/mol. The van der Waals surface area contributed by atoms with Crippen molar-refractivity contribution >= 4 is 70.8 Å². The SMILES string of the molecule is O=C(OC1CC2COCCN2c2cc(Br)ccc21)c1ccccc1.OC1CC2(O)COCCN2c2cc(Br)ccc21.OC1CC2COCCN2c2cc(Br)ccc21.[Li+].[OH-]. The van der Waals surface area contributed by atoms with Crippen LogP contribution < -0.4 is 33.6 Å². The Morgan fingerprint density at radius 2 is 1.20 bits per heavy atom. The van der Waals surface area contributed by atoms with Crippen LogP contribution in [0.4, 0.5) is 17.1 Å². The normalized spacial score (nSPS) is 26.1. The third-order valence-electron chi connectivity index (χ3n) is 11.5. The molecule has 0 bridgehead atoms. The molecule has 0 amide bonds. The first kappa shape index (κ1) is 46.0. The van der Waals surface area contributed by atoms with Crippen LogP contribution in [-0.2, 0) is 18.9 Å². The molecule has 3 fully saturated rings. The number of aliphatic hydroxyl groups excluding tert-OH is 2. The van der Waals surface area contributed by atoms with Crippen molar-refractivity contribution in [3.8, 4) is 0 Å². The summed E-state index contributed by atoms with van der Waals surface area (Å²) in [6.07, 6.45) is 0.583. The van der Waals surface area contributed by atoms with Gasteiger partial charge in [0.15, 0.2) is 5.72 Å². The zero-order valence-electron chi connectivity index (χ0n) is 32.8. The van der Waals surface area contributed by atoms with E-state index in [2.05, 4.69) is 69.7 Å². The average Bonchev–Trinajstić information content (AvgIpc) is 3.21. The molecular weight excluding hydrogens is 949 g/mol. The largest absolute Gasteiger partial charge is 1.00 e. The van der Waals surface area contributed by atoms with Crippen LogP contribution in [-0.4, -0.2) is 104 Å². The van der Waals surface area contributed by atoms with Gasteiger partial charge in [0.05, 0.1) is 69.5 Å². The molecule has 12 nitrogen and oxygen atoms in total. The Morgan fingerprint density at radius 3 is 1.83 bits per heavy atom. The van der Waals surface area contributed by atoms with Crippen LogP contribution in [0.5, 0.6) is 0 Å². The maximum absolute atomic E-state index is 12.5. The van der Waals surface area contributed by atoms with Crippen molar-refractivity contribution in [2.45, 2.75) is 55.4 Å². The first-order chi connectivity index (χ1) is 27.6. The molecule has 6 atom stereocenters. The molecule has 6 aliphatic rings. The molecule has 310 valence electrons. The zero-order valence-corrected chi connectivity index (χ0v) is 37.5. The van der Waals surface area contributed by atoms with E-state index in [1.165, 1.54) is 0 Å². The van der Waals surface area contributed by atoms with Crippen molar-refractivity contribution in [2.24, 2.45) is 0 Å². The van der Waals surface area contributed by atoms with Gasteiger partial charge >= 0.3 is 24.8 Å². The van der Waals surface area contributed by atoms with Gasteiger partial charge in [-0.05, 0) is 48.5 Å². The van der Waals surface area contributed by atoms with Crippen LogP contribution in [0.1, 0.15) is 64.6 Å². The molecule has 0 aliphatic carbocycles. The summed E-state index contributed by atoms with van der Waals surface area (Å²) in [6, 6.07) is 27.7. The van der Waals surface area contributed by atoms with Gasteiger partial charge in [-0.2, -0.15) is 0 Å². The number of carbonyl (C=O) groups excluding carboxylic acids is 1. The van der Waals surface area contributed by atoms with Crippen molar-refractivity contribution in [1.82, 2.24) is 0 Å². The predicted octanol–water partition coefficient (Wildman–Crippen LogP) is 4.29. The summed E-state index contributed by atoms with van der Waals surface area (Å²) in [4.78, 5) is 19.1. The minimum atomic E-state index is -1.08. The molecule has 0 saturated carbocycles. The van der Waals surface area contributed by atoms with E-state index in [0.717, 1.165) is 92.9 Å². The van der Waals surface area contributed by atoms with Gasteiger partial charge < -0.3 is 54.4 Å². The second-order valence-corrected chi connectivity index (χ2v) is 17.9. The molecule has 0 spiro atoms. The molecule has 4 aromatic rings. The van der Waals surface area contributed by atoms with Crippen LogP contribution in [0.2, 0.25) is 0 Å². The van der Waals surface area contributed by atoms with Crippen molar-refractivity contribution in [2.75, 3.05) is 74.0 Å². The van der Waals surface area contributed by atoms with Gasteiger partial charge in [0.2, 0.25) is 0 Å². The van der Waals surface area contributed by atoms with E-state index in [0.29, 0.717) is 37.8 Å². The maximum atomic E-state index is 12.5. The number of rotatable bonds is 2.